The molecule has 0 amide bonds. The molecule has 26 heavy (non-hydrogen) atoms. The largest absolute Gasteiger partial charge is 0.488 e. The van der Waals surface area contributed by atoms with E-state index in [0.717, 1.165) is 27.9 Å². The molecule has 0 fully saturated rings. The average molecular weight is 372 g/mol. The quantitative estimate of drug-likeness (QED) is 0.533. The van der Waals surface area contributed by atoms with E-state index in [1.54, 1.807) is 18.4 Å². The van der Waals surface area contributed by atoms with E-state index in [2.05, 4.69) is 26.7 Å². The molecule has 138 valence electrons. The topological polar surface area (TPSA) is 63.0 Å². The molecule has 1 aromatic carbocycles. The molecule has 6 nitrogen and oxygen atoms in total. The third-order valence-corrected chi connectivity index (χ3v) is 4.41. The monoisotopic (exact) mass is 371 g/mol. The number of thiazole rings is 1. The van der Waals surface area contributed by atoms with Gasteiger partial charge in [0.1, 0.15) is 11.4 Å². The van der Waals surface area contributed by atoms with E-state index in [-0.39, 0.29) is 5.60 Å². The highest BCUT2D eigenvalue weighted by Crippen LogP contribution is 2.22. The second-order valence-corrected chi connectivity index (χ2v) is 7.80. The highest BCUT2D eigenvalue weighted by atomic mass is 32.1. The summed E-state index contributed by atoms with van der Waals surface area (Å²) in [6.07, 6.45) is 4.04. The van der Waals surface area contributed by atoms with Crippen LogP contribution in [0.3, 0.4) is 0 Å². The number of aliphatic imine (C=N–C) groups is 1. The summed E-state index contributed by atoms with van der Waals surface area (Å²) in [6, 6.07) is 8.06. The van der Waals surface area contributed by atoms with Crippen LogP contribution >= 0.6 is 11.3 Å². The summed E-state index contributed by atoms with van der Waals surface area (Å²) in [5.41, 5.74) is 1.84. The molecule has 0 aliphatic carbocycles. The molecule has 0 unspecified atom stereocenters. The molecule has 0 spiro atoms. The molecule has 0 aliphatic heterocycles. The molecule has 3 aromatic rings. The second kappa shape index (κ2) is 7.78. The molecule has 2 N–H and O–H groups in total. The highest BCUT2D eigenvalue weighted by Gasteiger charge is 2.14. The zero-order chi connectivity index (χ0) is 18.6. The first kappa shape index (κ1) is 18.3. The van der Waals surface area contributed by atoms with E-state index in [4.69, 9.17) is 4.74 Å². The molecule has 0 atom stereocenters. The number of ether oxygens (including phenoxy) is 1. The normalized spacial score (nSPS) is 12.4. The number of para-hydroxylation sites is 1. The first-order valence-electron chi connectivity index (χ1n) is 8.57. The van der Waals surface area contributed by atoms with Gasteiger partial charge >= 0.3 is 0 Å². The minimum Gasteiger partial charge on any atom is -0.488 e. The van der Waals surface area contributed by atoms with Gasteiger partial charge in [-0.3, -0.25) is 9.39 Å². The maximum Gasteiger partial charge on any atom is 0.193 e. The van der Waals surface area contributed by atoms with Gasteiger partial charge in [0.05, 0.1) is 12.2 Å². The molecular weight excluding hydrogens is 346 g/mol. The summed E-state index contributed by atoms with van der Waals surface area (Å²) in [5.74, 6) is 1.62. The third-order valence-electron chi connectivity index (χ3n) is 3.64. The number of imidazole rings is 1. The standard InChI is InChI=1S/C19H25N5OS/c1-19(2,3)25-16-8-6-5-7-14(16)11-21-17(20-4)22-12-15-13-24-9-10-26-18(24)23-15/h5-10,13H,11-12H2,1-4H3,(H2,20,21,22). The van der Waals surface area contributed by atoms with Gasteiger partial charge in [0.25, 0.3) is 0 Å². The van der Waals surface area contributed by atoms with Gasteiger partial charge in [0.2, 0.25) is 0 Å². The number of guanidine groups is 1. The van der Waals surface area contributed by atoms with Crippen LogP contribution in [0.25, 0.3) is 4.96 Å². The van der Waals surface area contributed by atoms with Crippen LogP contribution in [0.4, 0.5) is 0 Å². The lowest BCUT2D eigenvalue weighted by Crippen LogP contribution is -2.36. The molecule has 0 saturated carbocycles. The van der Waals surface area contributed by atoms with E-state index in [0.29, 0.717) is 13.1 Å². The van der Waals surface area contributed by atoms with Gasteiger partial charge in [0.15, 0.2) is 10.9 Å². The van der Waals surface area contributed by atoms with Gasteiger partial charge in [-0.2, -0.15) is 0 Å². The molecule has 2 aromatic heterocycles. The van der Waals surface area contributed by atoms with E-state index < -0.39 is 0 Å². The minimum atomic E-state index is -0.232. The summed E-state index contributed by atoms with van der Waals surface area (Å²) < 4.78 is 8.07. The van der Waals surface area contributed by atoms with E-state index >= 15 is 0 Å². The molecule has 7 heteroatoms. The maximum absolute atomic E-state index is 6.04. The van der Waals surface area contributed by atoms with Crippen molar-refractivity contribution in [2.45, 2.75) is 39.5 Å². The van der Waals surface area contributed by atoms with Crippen molar-refractivity contribution in [1.29, 1.82) is 0 Å². The van der Waals surface area contributed by atoms with Gasteiger partial charge in [0, 0.05) is 36.9 Å². The predicted octanol–water partition coefficient (Wildman–Crippen LogP) is 3.44. The van der Waals surface area contributed by atoms with Crippen LogP contribution in [0.15, 0.2) is 47.0 Å². The van der Waals surface area contributed by atoms with Crippen molar-refractivity contribution in [1.82, 2.24) is 20.0 Å². The summed E-state index contributed by atoms with van der Waals surface area (Å²) in [7, 11) is 1.76. The second-order valence-electron chi connectivity index (χ2n) is 6.93. The lowest BCUT2D eigenvalue weighted by molar-refractivity contribution is 0.129. The number of rotatable bonds is 5. The Hall–Kier alpha value is -2.54. The molecule has 2 heterocycles. The number of benzene rings is 1. The van der Waals surface area contributed by atoms with Crippen molar-refractivity contribution in [2.24, 2.45) is 4.99 Å². The van der Waals surface area contributed by atoms with Crippen molar-refractivity contribution in [3.05, 3.63) is 53.3 Å². The van der Waals surface area contributed by atoms with Gasteiger partial charge < -0.3 is 15.4 Å². The Labute approximate surface area is 157 Å². The molecule has 0 bridgehead atoms. The number of aromatic nitrogens is 2. The lowest BCUT2D eigenvalue weighted by atomic mass is 10.1. The minimum absolute atomic E-state index is 0.232. The first-order chi connectivity index (χ1) is 12.4. The fraction of sp³-hybridized carbons (Fsp3) is 0.368. The van der Waals surface area contributed by atoms with Crippen molar-refractivity contribution >= 4 is 22.3 Å². The number of nitrogens with one attached hydrogen (secondary N) is 2. The lowest BCUT2D eigenvalue weighted by Gasteiger charge is -2.23. The molecule has 0 aliphatic rings. The van der Waals surface area contributed by atoms with Crippen LogP contribution in [0, 0.1) is 0 Å². The van der Waals surface area contributed by atoms with Crippen molar-refractivity contribution in [2.75, 3.05) is 7.05 Å². The van der Waals surface area contributed by atoms with Gasteiger partial charge in [-0.05, 0) is 26.8 Å². The summed E-state index contributed by atoms with van der Waals surface area (Å²) >= 11 is 1.63. The van der Waals surface area contributed by atoms with Crippen LogP contribution in [-0.4, -0.2) is 28.0 Å². The summed E-state index contributed by atoms with van der Waals surface area (Å²) in [6.45, 7) is 7.40. The Kier molecular flexibility index (Phi) is 5.46. The van der Waals surface area contributed by atoms with Gasteiger partial charge in [-0.1, -0.05) is 18.2 Å². The fourth-order valence-corrected chi connectivity index (χ4v) is 3.23. The number of fused-ring (bicyclic) bond motifs is 1. The zero-order valence-corrected chi connectivity index (χ0v) is 16.4. The van der Waals surface area contributed by atoms with Gasteiger partial charge in [-0.25, -0.2) is 4.98 Å². The van der Waals surface area contributed by atoms with Crippen LogP contribution in [0.1, 0.15) is 32.0 Å². The average Bonchev–Trinajstić information content (AvgIpc) is 3.16. The van der Waals surface area contributed by atoms with Crippen molar-refractivity contribution in [3.63, 3.8) is 0 Å². The van der Waals surface area contributed by atoms with Crippen molar-refractivity contribution < 1.29 is 4.74 Å². The first-order valence-corrected chi connectivity index (χ1v) is 9.45. The van der Waals surface area contributed by atoms with Crippen LogP contribution in [0.5, 0.6) is 5.75 Å². The number of nitrogens with zero attached hydrogens (tertiary/aromatic N) is 3. The predicted molar refractivity (Wildman–Crippen MR) is 107 cm³/mol. The Morgan fingerprint density at radius 1 is 1.23 bits per heavy atom. The number of hydrogen-bond acceptors (Lipinski definition) is 4. The van der Waals surface area contributed by atoms with E-state index in [1.165, 1.54) is 0 Å². The van der Waals surface area contributed by atoms with E-state index in [9.17, 15) is 0 Å². The van der Waals surface area contributed by atoms with Crippen molar-refractivity contribution in [3.8, 4) is 5.75 Å². The number of hydrogen-bond donors (Lipinski definition) is 2. The summed E-state index contributed by atoms with van der Waals surface area (Å²) in [4.78, 5) is 9.85. The van der Waals surface area contributed by atoms with Crippen LogP contribution in [-0.2, 0) is 13.1 Å². The Balaban J connectivity index is 1.58. The highest BCUT2D eigenvalue weighted by molar-refractivity contribution is 7.15. The maximum atomic E-state index is 6.04. The fourth-order valence-electron chi connectivity index (χ4n) is 2.51. The smallest absolute Gasteiger partial charge is 0.193 e. The zero-order valence-electron chi connectivity index (χ0n) is 15.6. The molecule has 0 saturated heterocycles. The van der Waals surface area contributed by atoms with E-state index in [1.807, 2.05) is 61.1 Å². The Bertz CT molecular complexity index is 862. The Morgan fingerprint density at radius 3 is 2.73 bits per heavy atom. The van der Waals surface area contributed by atoms with Gasteiger partial charge in [-0.15, -0.1) is 11.3 Å². The van der Waals surface area contributed by atoms with Crippen LogP contribution < -0.4 is 15.4 Å². The molecule has 3 rings (SSSR count). The third kappa shape index (κ3) is 4.76. The Morgan fingerprint density at radius 2 is 2.00 bits per heavy atom. The molecular formula is C19H25N5OS. The molecule has 0 radical (unpaired) electrons. The SMILES string of the molecule is CN=C(NCc1cn2ccsc2n1)NCc1ccccc1OC(C)(C)C. The van der Waals surface area contributed by atoms with Crippen LogP contribution in [0.2, 0.25) is 0 Å². The summed E-state index contributed by atoms with van der Waals surface area (Å²) in [5, 5.41) is 8.66.